The maximum Gasteiger partial charge on any atom is 0.326 e. The molecule has 0 aliphatic heterocycles. The van der Waals surface area contributed by atoms with Crippen LogP contribution in [0.1, 0.15) is 18.9 Å². The van der Waals surface area contributed by atoms with Crippen LogP contribution in [-0.2, 0) is 25.6 Å². The number of nitrogens with one attached hydrogen (secondary N) is 4. The third kappa shape index (κ3) is 8.15. The number of fused-ring (bicyclic) bond motifs is 1. The minimum absolute atomic E-state index is 0.0143. The standard InChI is InChI=1S/C23H33N5O6S2/c1-12(29)19(28-21(31)17(7-8-36-2)26-20(30)15(24)11-35)22(32)27-18(23(33)34)9-13-10-25-16-6-4-3-5-14(13)16/h3-6,10,12,15,17-19,25,29,35H,7-9,11,24H2,1-2H3,(H,26,30)(H,27,32)(H,28,31)(H,33,34). The molecule has 5 unspecified atom stereocenters. The largest absolute Gasteiger partial charge is 0.480 e. The smallest absolute Gasteiger partial charge is 0.326 e. The van der Waals surface area contributed by atoms with Gasteiger partial charge < -0.3 is 36.9 Å². The molecule has 3 amide bonds. The van der Waals surface area contributed by atoms with Crippen LogP contribution in [0.3, 0.4) is 0 Å². The van der Waals surface area contributed by atoms with Gasteiger partial charge in [-0.1, -0.05) is 18.2 Å². The van der Waals surface area contributed by atoms with Gasteiger partial charge in [0.25, 0.3) is 0 Å². The Morgan fingerprint density at radius 2 is 1.75 bits per heavy atom. The lowest BCUT2D eigenvalue weighted by Gasteiger charge is -2.26. The zero-order valence-electron chi connectivity index (χ0n) is 20.1. The van der Waals surface area contributed by atoms with Crippen molar-refractivity contribution in [1.29, 1.82) is 0 Å². The fourth-order valence-corrected chi connectivity index (χ4v) is 4.14. The maximum absolute atomic E-state index is 13.0. The predicted molar refractivity (Wildman–Crippen MR) is 142 cm³/mol. The molecular weight excluding hydrogens is 506 g/mol. The number of benzene rings is 1. The number of H-pyrrole nitrogens is 1. The number of carboxylic acid groups (broad SMARTS) is 1. The van der Waals surface area contributed by atoms with E-state index in [-0.39, 0.29) is 18.6 Å². The van der Waals surface area contributed by atoms with Gasteiger partial charge >= 0.3 is 5.97 Å². The van der Waals surface area contributed by atoms with Crippen LogP contribution < -0.4 is 21.7 Å². The van der Waals surface area contributed by atoms with Crippen LogP contribution in [-0.4, -0.2) is 86.9 Å². The molecule has 36 heavy (non-hydrogen) atoms. The number of para-hydroxylation sites is 1. The number of aromatic nitrogens is 1. The van der Waals surface area contributed by atoms with Crippen LogP contribution in [0.2, 0.25) is 0 Å². The number of amides is 3. The second-order valence-electron chi connectivity index (χ2n) is 8.32. The number of carboxylic acids is 1. The second kappa shape index (κ2) is 14.1. The highest BCUT2D eigenvalue weighted by Gasteiger charge is 2.32. The molecule has 1 heterocycles. The van der Waals surface area contributed by atoms with E-state index in [0.29, 0.717) is 11.3 Å². The fourth-order valence-electron chi connectivity index (χ4n) is 3.51. The number of carbonyl (C=O) groups excluding carboxylic acids is 3. The molecule has 0 aliphatic rings. The minimum atomic E-state index is -1.45. The number of hydrogen-bond acceptors (Lipinski definition) is 8. The Balaban J connectivity index is 2.14. The number of carbonyl (C=O) groups is 4. The Morgan fingerprint density at radius 1 is 1.08 bits per heavy atom. The molecule has 0 spiro atoms. The summed E-state index contributed by atoms with van der Waals surface area (Å²) < 4.78 is 0. The Morgan fingerprint density at radius 3 is 2.36 bits per heavy atom. The van der Waals surface area contributed by atoms with E-state index >= 15 is 0 Å². The Labute approximate surface area is 218 Å². The first-order valence-corrected chi connectivity index (χ1v) is 13.3. The van der Waals surface area contributed by atoms with Crippen molar-refractivity contribution < 1.29 is 29.4 Å². The van der Waals surface area contributed by atoms with E-state index in [0.717, 1.165) is 10.9 Å². The van der Waals surface area contributed by atoms with Gasteiger partial charge in [0.1, 0.15) is 18.1 Å². The van der Waals surface area contributed by atoms with Crippen molar-refractivity contribution in [3.63, 3.8) is 0 Å². The van der Waals surface area contributed by atoms with Crippen LogP contribution in [0.4, 0.5) is 0 Å². The summed E-state index contributed by atoms with van der Waals surface area (Å²) in [6.07, 6.45) is 2.41. The summed E-state index contributed by atoms with van der Waals surface area (Å²) >= 11 is 5.44. The van der Waals surface area contributed by atoms with Crippen LogP contribution in [0.15, 0.2) is 30.5 Å². The summed E-state index contributed by atoms with van der Waals surface area (Å²) in [7, 11) is 0. The Hall–Kier alpha value is -2.74. The first-order chi connectivity index (χ1) is 17.1. The summed E-state index contributed by atoms with van der Waals surface area (Å²) in [6, 6.07) is 2.66. The van der Waals surface area contributed by atoms with Gasteiger partial charge in [-0.3, -0.25) is 14.4 Å². The van der Waals surface area contributed by atoms with E-state index in [2.05, 4.69) is 33.6 Å². The zero-order chi connectivity index (χ0) is 26.8. The zero-order valence-corrected chi connectivity index (χ0v) is 21.8. The molecule has 5 atom stereocenters. The average molecular weight is 540 g/mol. The normalized spacial score (nSPS) is 15.4. The lowest BCUT2D eigenvalue weighted by atomic mass is 10.0. The molecule has 13 heteroatoms. The van der Waals surface area contributed by atoms with Crippen LogP contribution >= 0.6 is 24.4 Å². The molecule has 11 nitrogen and oxygen atoms in total. The summed E-state index contributed by atoms with van der Waals surface area (Å²) in [5, 5.41) is 28.1. The summed E-state index contributed by atoms with van der Waals surface area (Å²) in [5.74, 6) is -2.80. The van der Waals surface area contributed by atoms with Crippen molar-refractivity contribution in [3.05, 3.63) is 36.0 Å². The topological polar surface area (TPSA) is 187 Å². The van der Waals surface area contributed by atoms with Crippen molar-refractivity contribution in [2.45, 2.75) is 50.0 Å². The summed E-state index contributed by atoms with van der Waals surface area (Å²) in [5.41, 5.74) is 7.20. The molecular formula is C23H33N5O6S2. The maximum atomic E-state index is 13.0. The number of hydrogen-bond donors (Lipinski definition) is 8. The van der Waals surface area contributed by atoms with Crippen molar-refractivity contribution >= 4 is 59.0 Å². The molecule has 0 bridgehead atoms. The van der Waals surface area contributed by atoms with E-state index < -0.39 is 54.0 Å². The van der Waals surface area contributed by atoms with E-state index in [1.807, 2.05) is 30.5 Å². The highest BCUT2D eigenvalue weighted by molar-refractivity contribution is 7.98. The van der Waals surface area contributed by atoms with Crippen molar-refractivity contribution in [1.82, 2.24) is 20.9 Å². The minimum Gasteiger partial charge on any atom is -0.480 e. The second-order valence-corrected chi connectivity index (χ2v) is 9.67. The van der Waals surface area contributed by atoms with Crippen molar-refractivity contribution in [2.24, 2.45) is 5.73 Å². The van der Waals surface area contributed by atoms with Gasteiger partial charge in [-0.2, -0.15) is 24.4 Å². The molecule has 0 saturated carbocycles. The van der Waals surface area contributed by atoms with Crippen LogP contribution in [0, 0.1) is 0 Å². The third-order valence-electron chi connectivity index (χ3n) is 5.55. The highest BCUT2D eigenvalue weighted by Crippen LogP contribution is 2.19. The van der Waals surface area contributed by atoms with Gasteiger partial charge in [0.15, 0.2) is 0 Å². The Bertz CT molecular complexity index is 1060. The predicted octanol–water partition coefficient (Wildman–Crippen LogP) is -0.360. The SMILES string of the molecule is CSCCC(NC(=O)C(N)CS)C(=O)NC(C(=O)NC(Cc1c[nH]c2ccccc12)C(=O)O)C(C)O. The number of aliphatic hydroxyl groups excluding tert-OH is 1. The highest BCUT2D eigenvalue weighted by atomic mass is 32.2. The molecule has 0 aliphatic carbocycles. The molecule has 0 radical (unpaired) electrons. The molecule has 1 aromatic heterocycles. The van der Waals surface area contributed by atoms with E-state index in [4.69, 9.17) is 5.73 Å². The van der Waals surface area contributed by atoms with Crippen molar-refractivity contribution in [2.75, 3.05) is 17.8 Å². The van der Waals surface area contributed by atoms with Crippen molar-refractivity contribution in [3.8, 4) is 0 Å². The number of nitrogens with two attached hydrogens (primary N) is 1. The molecule has 0 saturated heterocycles. The van der Waals surface area contributed by atoms with Gasteiger partial charge in [-0.05, 0) is 37.0 Å². The Kier molecular flexibility index (Phi) is 11.6. The van der Waals surface area contributed by atoms with Gasteiger partial charge in [0, 0.05) is 29.3 Å². The molecule has 2 rings (SSSR count). The molecule has 198 valence electrons. The molecule has 1 aromatic carbocycles. The summed E-state index contributed by atoms with van der Waals surface area (Å²) in [6.45, 7) is 1.30. The lowest BCUT2D eigenvalue weighted by Crippen LogP contribution is -2.60. The number of aliphatic carboxylic acids is 1. The van der Waals surface area contributed by atoms with Crippen LogP contribution in [0.5, 0.6) is 0 Å². The number of rotatable bonds is 14. The van der Waals surface area contributed by atoms with E-state index in [1.165, 1.54) is 18.7 Å². The molecule has 2 aromatic rings. The van der Waals surface area contributed by atoms with Gasteiger partial charge in [-0.25, -0.2) is 4.79 Å². The van der Waals surface area contributed by atoms with E-state index in [9.17, 15) is 29.4 Å². The number of thioether (sulfide) groups is 1. The van der Waals surface area contributed by atoms with Crippen LogP contribution in [0.25, 0.3) is 10.9 Å². The fraction of sp³-hybridized carbons (Fsp3) is 0.478. The number of aliphatic hydroxyl groups is 1. The quantitative estimate of drug-likeness (QED) is 0.150. The molecule has 0 fully saturated rings. The van der Waals surface area contributed by atoms with Gasteiger partial charge in [0.05, 0.1) is 12.1 Å². The lowest BCUT2D eigenvalue weighted by molar-refractivity contribution is -0.143. The molecule has 8 N–H and O–H groups in total. The van der Waals surface area contributed by atoms with Gasteiger partial charge in [0.2, 0.25) is 17.7 Å². The van der Waals surface area contributed by atoms with Gasteiger partial charge in [-0.15, -0.1) is 0 Å². The average Bonchev–Trinajstić information content (AvgIpc) is 3.26. The number of aromatic amines is 1. The number of thiol groups is 1. The third-order valence-corrected chi connectivity index (χ3v) is 6.59. The van der Waals surface area contributed by atoms with E-state index in [1.54, 1.807) is 6.20 Å². The first kappa shape index (κ1) is 29.5. The monoisotopic (exact) mass is 539 g/mol. The summed E-state index contributed by atoms with van der Waals surface area (Å²) in [4.78, 5) is 53.1. The first-order valence-electron chi connectivity index (χ1n) is 11.3.